The van der Waals surface area contributed by atoms with Crippen molar-refractivity contribution in [3.63, 3.8) is 0 Å². The van der Waals surface area contributed by atoms with Crippen molar-refractivity contribution in [3.05, 3.63) is 0 Å². The monoisotopic (exact) mass is 188 g/mol. The van der Waals surface area contributed by atoms with Crippen LogP contribution in [-0.2, 0) is 24.3 Å². The van der Waals surface area contributed by atoms with E-state index < -0.39 is 0 Å². The molecule has 0 aliphatic rings. The average Bonchev–Trinajstić information content (AvgIpc) is 1.35. The van der Waals surface area contributed by atoms with Gasteiger partial charge in [-0.25, -0.2) is 0 Å². The first kappa shape index (κ1) is 10.3. The van der Waals surface area contributed by atoms with Crippen LogP contribution < -0.4 is 0 Å². The normalized spacial score (nSPS) is 7.14. The fourth-order valence-corrected chi connectivity index (χ4v) is 0.352. The fraction of sp³-hybridized carbons (Fsp3) is 0.800. The molecule has 0 saturated heterocycles. The number of hydrogen-bond acceptors (Lipinski definition) is 1. The SMILES string of the molecule is CCCC(C)=O.[Ru]. The van der Waals surface area contributed by atoms with Crippen LogP contribution in [0, 0.1) is 0 Å². The Hall–Kier alpha value is 0.293. The average molecular weight is 187 g/mol. The van der Waals surface area contributed by atoms with E-state index in [1.807, 2.05) is 6.92 Å². The first-order valence-electron chi connectivity index (χ1n) is 2.26. The van der Waals surface area contributed by atoms with Crippen molar-refractivity contribution in [2.75, 3.05) is 0 Å². The molecule has 0 radical (unpaired) electrons. The Morgan fingerprint density at radius 1 is 1.57 bits per heavy atom. The van der Waals surface area contributed by atoms with Crippen LogP contribution in [0.4, 0.5) is 0 Å². The molecular formula is C5H10ORu. The second-order valence-corrected chi connectivity index (χ2v) is 1.45. The van der Waals surface area contributed by atoms with E-state index in [4.69, 9.17) is 0 Å². The molecule has 0 heterocycles. The molecule has 0 fully saturated rings. The minimum Gasteiger partial charge on any atom is -0.300 e. The Morgan fingerprint density at radius 2 is 2.00 bits per heavy atom. The van der Waals surface area contributed by atoms with E-state index in [9.17, 15) is 4.79 Å². The molecule has 0 atom stereocenters. The van der Waals surface area contributed by atoms with E-state index in [0.717, 1.165) is 12.8 Å². The third-order valence-corrected chi connectivity index (χ3v) is 0.602. The molecule has 0 N–H and O–H groups in total. The summed E-state index contributed by atoms with van der Waals surface area (Å²) in [5, 5.41) is 0. The van der Waals surface area contributed by atoms with Gasteiger partial charge in [-0.3, -0.25) is 0 Å². The molecule has 0 rings (SSSR count). The first-order chi connectivity index (χ1) is 2.77. The molecule has 0 saturated carbocycles. The van der Waals surface area contributed by atoms with Crippen molar-refractivity contribution < 1.29 is 24.3 Å². The Morgan fingerprint density at radius 3 is 2.00 bits per heavy atom. The van der Waals surface area contributed by atoms with Crippen molar-refractivity contribution in [2.24, 2.45) is 0 Å². The summed E-state index contributed by atoms with van der Waals surface area (Å²) in [6.07, 6.45) is 1.72. The maximum atomic E-state index is 10.0. The van der Waals surface area contributed by atoms with Gasteiger partial charge in [-0.2, -0.15) is 0 Å². The van der Waals surface area contributed by atoms with Crippen molar-refractivity contribution in [2.45, 2.75) is 26.7 Å². The summed E-state index contributed by atoms with van der Waals surface area (Å²) >= 11 is 0. The van der Waals surface area contributed by atoms with E-state index >= 15 is 0 Å². The van der Waals surface area contributed by atoms with Crippen LogP contribution in [0.1, 0.15) is 26.7 Å². The van der Waals surface area contributed by atoms with Gasteiger partial charge in [0.05, 0.1) is 0 Å². The molecular weight excluding hydrogens is 177 g/mol. The molecule has 0 amide bonds. The van der Waals surface area contributed by atoms with Crippen LogP contribution in [-0.4, -0.2) is 5.78 Å². The molecule has 2 heteroatoms. The topological polar surface area (TPSA) is 17.1 Å². The Bertz CT molecular complexity index is 52.0. The molecule has 0 aliphatic carbocycles. The van der Waals surface area contributed by atoms with Gasteiger partial charge >= 0.3 is 0 Å². The van der Waals surface area contributed by atoms with Crippen LogP contribution in [0.15, 0.2) is 0 Å². The molecule has 0 unspecified atom stereocenters. The first-order valence-corrected chi connectivity index (χ1v) is 2.26. The van der Waals surface area contributed by atoms with Gasteiger partial charge in [0.25, 0.3) is 0 Å². The van der Waals surface area contributed by atoms with Crippen molar-refractivity contribution >= 4 is 5.78 Å². The van der Waals surface area contributed by atoms with Crippen LogP contribution in [0.3, 0.4) is 0 Å². The summed E-state index contributed by atoms with van der Waals surface area (Å²) in [6.45, 7) is 3.62. The maximum absolute atomic E-state index is 10.0. The zero-order valence-electron chi connectivity index (χ0n) is 4.68. The summed E-state index contributed by atoms with van der Waals surface area (Å²) in [7, 11) is 0. The second kappa shape index (κ2) is 6.29. The summed E-state index contributed by atoms with van der Waals surface area (Å²) in [4.78, 5) is 10.0. The minimum atomic E-state index is 0. The number of carbonyl (C=O) groups is 1. The van der Waals surface area contributed by atoms with E-state index in [1.54, 1.807) is 6.92 Å². The Kier molecular flexibility index (Phi) is 9.27. The van der Waals surface area contributed by atoms with Crippen molar-refractivity contribution in [3.8, 4) is 0 Å². The van der Waals surface area contributed by atoms with Gasteiger partial charge in [0.15, 0.2) is 0 Å². The van der Waals surface area contributed by atoms with Gasteiger partial charge in [-0.15, -0.1) is 0 Å². The maximum Gasteiger partial charge on any atom is 0.129 e. The number of ketones is 1. The van der Waals surface area contributed by atoms with Gasteiger partial charge in [-0.1, -0.05) is 6.92 Å². The fourth-order valence-electron chi connectivity index (χ4n) is 0.352. The summed E-state index contributed by atoms with van der Waals surface area (Å²) in [5.41, 5.74) is 0. The molecule has 1 nitrogen and oxygen atoms in total. The quantitative estimate of drug-likeness (QED) is 0.597. The van der Waals surface area contributed by atoms with E-state index in [2.05, 4.69) is 0 Å². The van der Waals surface area contributed by atoms with Crippen molar-refractivity contribution in [1.82, 2.24) is 0 Å². The molecule has 0 spiro atoms. The van der Waals surface area contributed by atoms with E-state index in [0.29, 0.717) is 0 Å². The zero-order valence-corrected chi connectivity index (χ0v) is 6.41. The molecule has 44 valence electrons. The van der Waals surface area contributed by atoms with Crippen molar-refractivity contribution in [1.29, 1.82) is 0 Å². The van der Waals surface area contributed by atoms with Gasteiger partial charge in [0, 0.05) is 25.9 Å². The number of rotatable bonds is 2. The zero-order chi connectivity index (χ0) is 4.99. The standard InChI is InChI=1S/C5H10O.Ru/c1-3-4-5(2)6;/h3-4H2,1-2H3;. The molecule has 0 bridgehead atoms. The molecule has 0 aromatic heterocycles. The van der Waals surface area contributed by atoms with Crippen LogP contribution in [0.5, 0.6) is 0 Å². The minimum absolute atomic E-state index is 0. The number of Topliss-reactive ketones (excluding diaryl/α,β-unsaturated/α-hetero) is 1. The van der Waals surface area contributed by atoms with Crippen LogP contribution in [0.25, 0.3) is 0 Å². The smallest absolute Gasteiger partial charge is 0.129 e. The number of carbonyl (C=O) groups excluding carboxylic acids is 1. The molecule has 0 aliphatic heterocycles. The van der Waals surface area contributed by atoms with Crippen LogP contribution >= 0.6 is 0 Å². The Balaban J connectivity index is 0. The number of hydrogen-bond donors (Lipinski definition) is 0. The van der Waals surface area contributed by atoms with E-state index in [-0.39, 0.29) is 25.3 Å². The van der Waals surface area contributed by atoms with Gasteiger partial charge in [0.2, 0.25) is 0 Å². The molecule has 0 aromatic rings. The van der Waals surface area contributed by atoms with Gasteiger partial charge in [0.1, 0.15) is 5.78 Å². The predicted molar refractivity (Wildman–Crippen MR) is 25.6 cm³/mol. The Labute approximate surface area is 57.2 Å². The summed E-state index contributed by atoms with van der Waals surface area (Å²) in [5.74, 6) is 0.289. The largest absolute Gasteiger partial charge is 0.300 e. The van der Waals surface area contributed by atoms with Gasteiger partial charge in [-0.05, 0) is 13.3 Å². The van der Waals surface area contributed by atoms with E-state index in [1.165, 1.54) is 0 Å². The summed E-state index contributed by atoms with van der Waals surface area (Å²) < 4.78 is 0. The predicted octanol–water partition coefficient (Wildman–Crippen LogP) is 1.37. The van der Waals surface area contributed by atoms with Crippen LogP contribution in [0.2, 0.25) is 0 Å². The summed E-state index contributed by atoms with van der Waals surface area (Å²) in [6, 6.07) is 0. The second-order valence-electron chi connectivity index (χ2n) is 1.45. The third-order valence-electron chi connectivity index (χ3n) is 0.602. The molecule has 7 heavy (non-hydrogen) atoms. The van der Waals surface area contributed by atoms with Gasteiger partial charge < -0.3 is 4.79 Å². The third kappa shape index (κ3) is 10.7. The molecule has 0 aromatic carbocycles.